The molecule has 136 valence electrons. The Morgan fingerprint density at radius 2 is 2.19 bits per heavy atom. The molecule has 0 saturated heterocycles. The number of anilines is 1. The molecular formula is C16H15BrCl2N6O. The molecule has 0 radical (unpaired) electrons. The van der Waals surface area contributed by atoms with Crippen molar-refractivity contribution in [2.24, 2.45) is 0 Å². The maximum absolute atomic E-state index is 12.5. The fraction of sp³-hybridized carbons (Fsp3) is 0.250. The van der Waals surface area contributed by atoms with Crippen LogP contribution in [0.4, 0.5) is 5.95 Å². The van der Waals surface area contributed by atoms with Gasteiger partial charge in [-0.05, 0) is 40.0 Å². The molecule has 0 fully saturated rings. The maximum atomic E-state index is 12.5. The summed E-state index contributed by atoms with van der Waals surface area (Å²) in [5, 5.41) is 12.3. The van der Waals surface area contributed by atoms with Gasteiger partial charge in [-0.1, -0.05) is 36.2 Å². The lowest BCUT2D eigenvalue weighted by atomic mass is 10.2. The number of amides is 1. The second-order valence-corrected chi connectivity index (χ2v) is 7.31. The molecule has 1 unspecified atom stereocenters. The van der Waals surface area contributed by atoms with Crippen molar-refractivity contribution >= 4 is 51.0 Å². The molecule has 1 atom stereocenters. The Morgan fingerprint density at radius 3 is 2.85 bits per heavy atom. The van der Waals surface area contributed by atoms with E-state index in [2.05, 4.69) is 36.4 Å². The van der Waals surface area contributed by atoms with Crippen LogP contribution in [-0.2, 0) is 11.3 Å². The Bertz CT molecular complexity index is 925. The van der Waals surface area contributed by atoms with E-state index in [0.717, 1.165) is 10.0 Å². The number of nitrogens with one attached hydrogen (secondary N) is 1. The summed E-state index contributed by atoms with van der Waals surface area (Å²) in [4.78, 5) is 16.6. The number of carbonyl (C=O) groups is 1. The standard InChI is InChI=1S/C16H15BrCl2N6O/c1-2-14(25-8-11(17)6-21-25)15(26)22-16-20-9-24(23-16)7-10-3-4-12(18)5-13(10)19/h3-6,8-9,14H,2,7H2,1H3,(H,22,23,26). The van der Waals surface area contributed by atoms with Crippen molar-refractivity contribution < 1.29 is 4.79 Å². The summed E-state index contributed by atoms with van der Waals surface area (Å²) in [6, 6.07) is 4.81. The zero-order valence-corrected chi connectivity index (χ0v) is 16.8. The highest BCUT2D eigenvalue weighted by Crippen LogP contribution is 2.22. The molecule has 26 heavy (non-hydrogen) atoms. The molecule has 2 aromatic heterocycles. The highest BCUT2D eigenvalue weighted by Gasteiger charge is 2.20. The van der Waals surface area contributed by atoms with E-state index in [9.17, 15) is 4.79 Å². The van der Waals surface area contributed by atoms with Crippen molar-refractivity contribution in [3.8, 4) is 0 Å². The van der Waals surface area contributed by atoms with Crippen molar-refractivity contribution in [1.29, 1.82) is 0 Å². The highest BCUT2D eigenvalue weighted by molar-refractivity contribution is 9.10. The van der Waals surface area contributed by atoms with Crippen molar-refractivity contribution in [3.05, 3.63) is 57.0 Å². The molecule has 10 heteroatoms. The molecule has 3 aromatic rings. The minimum absolute atomic E-state index is 0.227. The van der Waals surface area contributed by atoms with Crippen LogP contribution >= 0.6 is 39.1 Å². The first-order valence-corrected chi connectivity index (χ1v) is 9.35. The van der Waals surface area contributed by atoms with Crippen LogP contribution in [0.5, 0.6) is 0 Å². The third-order valence-electron chi connectivity index (χ3n) is 3.70. The molecule has 1 aromatic carbocycles. The van der Waals surface area contributed by atoms with Crippen LogP contribution in [0.1, 0.15) is 24.9 Å². The van der Waals surface area contributed by atoms with Crippen LogP contribution in [0.3, 0.4) is 0 Å². The molecule has 0 aliphatic heterocycles. The number of hydrogen-bond donors (Lipinski definition) is 1. The predicted molar refractivity (Wildman–Crippen MR) is 103 cm³/mol. The largest absolute Gasteiger partial charge is 0.291 e. The van der Waals surface area contributed by atoms with Crippen molar-refractivity contribution in [2.45, 2.75) is 25.9 Å². The topological polar surface area (TPSA) is 77.6 Å². The molecule has 3 rings (SSSR count). The number of nitrogens with zero attached hydrogens (tertiary/aromatic N) is 5. The summed E-state index contributed by atoms with van der Waals surface area (Å²) in [7, 11) is 0. The second kappa shape index (κ2) is 8.20. The number of hydrogen-bond acceptors (Lipinski definition) is 4. The normalized spacial score (nSPS) is 12.2. The van der Waals surface area contributed by atoms with Gasteiger partial charge in [-0.25, -0.2) is 9.67 Å². The molecule has 0 spiro atoms. The summed E-state index contributed by atoms with van der Waals surface area (Å²) in [5.74, 6) is -0.00451. The van der Waals surface area contributed by atoms with E-state index in [1.807, 2.05) is 13.0 Å². The Balaban J connectivity index is 1.68. The van der Waals surface area contributed by atoms with Crippen LogP contribution in [0.25, 0.3) is 0 Å². The Hall–Kier alpha value is -1.90. The quantitative estimate of drug-likeness (QED) is 0.602. The predicted octanol–water partition coefficient (Wildman–Crippen LogP) is 4.18. The molecule has 0 bridgehead atoms. The first kappa shape index (κ1) is 18.9. The molecule has 1 amide bonds. The zero-order chi connectivity index (χ0) is 18.7. The molecule has 0 saturated carbocycles. The lowest BCUT2D eigenvalue weighted by Crippen LogP contribution is -2.26. The smallest absolute Gasteiger partial charge is 0.251 e. The van der Waals surface area contributed by atoms with Crippen molar-refractivity contribution in [1.82, 2.24) is 24.5 Å². The van der Waals surface area contributed by atoms with Crippen LogP contribution in [0, 0.1) is 0 Å². The van der Waals surface area contributed by atoms with E-state index in [1.165, 1.54) is 6.33 Å². The highest BCUT2D eigenvalue weighted by atomic mass is 79.9. The monoisotopic (exact) mass is 456 g/mol. The minimum Gasteiger partial charge on any atom is -0.291 e. The van der Waals surface area contributed by atoms with Gasteiger partial charge in [-0.15, -0.1) is 5.10 Å². The van der Waals surface area contributed by atoms with Gasteiger partial charge >= 0.3 is 0 Å². The fourth-order valence-electron chi connectivity index (χ4n) is 2.42. The number of halogens is 3. The first-order valence-electron chi connectivity index (χ1n) is 7.80. The van der Waals surface area contributed by atoms with Crippen LogP contribution < -0.4 is 5.32 Å². The summed E-state index contributed by atoms with van der Waals surface area (Å²) in [6.07, 6.45) is 5.51. The van der Waals surface area contributed by atoms with E-state index < -0.39 is 6.04 Å². The zero-order valence-electron chi connectivity index (χ0n) is 13.7. The summed E-state index contributed by atoms with van der Waals surface area (Å²) >= 11 is 15.4. The molecule has 0 aliphatic rings. The van der Waals surface area contributed by atoms with Gasteiger partial charge in [0.05, 0.1) is 17.2 Å². The number of rotatable bonds is 6. The van der Waals surface area contributed by atoms with E-state index in [-0.39, 0.29) is 11.9 Å². The van der Waals surface area contributed by atoms with Gasteiger partial charge in [0.25, 0.3) is 5.91 Å². The van der Waals surface area contributed by atoms with Gasteiger partial charge in [-0.2, -0.15) is 5.10 Å². The third kappa shape index (κ3) is 4.44. The molecule has 1 N–H and O–H groups in total. The molecule has 2 heterocycles. The lowest BCUT2D eigenvalue weighted by Gasteiger charge is -2.13. The van der Waals surface area contributed by atoms with Crippen molar-refractivity contribution in [2.75, 3.05) is 5.32 Å². The Kier molecular flexibility index (Phi) is 5.95. The SMILES string of the molecule is CCC(C(=O)Nc1ncn(Cc2ccc(Cl)cc2Cl)n1)n1cc(Br)cn1. The Labute approximate surface area is 168 Å². The summed E-state index contributed by atoms with van der Waals surface area (Å²) in [5.41, 5.74) is 0.853. The summed E-state index contributed by atoms with van der Waals surface area (Å²) in [6.45, 7) is 2.33. The number of carbonyl (C=O) groups excluding carboxylic acids is 1. The molecular weight excluding hydrogens is 443 g/mol. The van der Waals surface area contributed by atoms with E-state index in [4.69, 9.17) is 23.2 Å². The average molecular weight is 458 g/mol. The van der Waals surface area contributed by atoms with Gasteiger partial charge in [0.1, 0.15) is 12.4 Å². The van der Waals surface area contributed by atoms with E-state index in [1.54, 1.807) is 33.9 Å². The van der Waals surface area contributed by atoms with E-state index >= 15 is 0 Å². The lowest BCUT2D eigenvalue weighted by molar-refractivity contribution is -0.119. The molecule has 7 nitrogen and oxygen atoms in total. The number of benzene rings is 1. The number of aromatic nitrogens is 5. The van der Waals surface area contributed by atoms with E-state index in [0.29, 0.717) is 23.0 Å². The van der Waals surface area contributed by atoms with Crippen molar-refractivity contribution in [3.63, 3.8) is 0 Å². The van der Waals surface area contributed by atoms with Gasteiger partial charge in [0.2, 0.25) is 5.95 Å². The molecule has 0 aliphatic carbocycles. The first-order chi connectivity index (χ1) is 12.5. The van der Waals surface area contributed by atoms with Gasteiger partial charge in [0, 0.05) is 16.2 Å². The van der Waals surface area contributed by atoms with Gasteiger partial charge in [0.15, 0.2) is 0 Å². The van der Waals surface area contributed by atoms with Gasteiger partial charge < -0.3 is 0 Å². The van der Waals surface area contributed by atoms with Gasteiger partial charge in [-0.3, -0.25) is 14.8 Å². The third-order valence-corrected chi connectivity index (χ3v) is 4.69. The minimum atomic E-state index is -0.445. The van der Waals surface area contributed by atoms with Crippen LogP contribution in [0.15, 0.2) is 41.4 Å². The average Bonchev–Trinajstić information content (AvgIpc) is 3.20. The van der Waals surface area contributed by atoms with Crippen LogP contribution in [0.2, 0.25) is 10.0 Å². The maximum Gasteiger partial charge on any atom is 0.251 e. The van der Waals surface area contributed by atoms with Crippen LogP contribution in [-0.4, -0.2) is 30.5 Å². The Morgan fingerprint density at radius 1 is 1.38 bits per heavy atom. The second-order valence-electron chi connectivity index (χ2n) is 5.55. The fourth-order valence-corrected chi connectivity index (χ4v) is 3.19. The summed E-state index contributed by atoms with van der Waals surface area (Å²) < 4.78 is 4.01.